The van der Waals surface area contributed by atoms with Crippen molar-refractivity contribution >= 4 is 6.21 Å². The third-order valence-electron chi connectivity index (χ3n) is 2.22. The average molecular weight is 233 g/mol. The predicted molar refractivity (Wildman–Crippen MR) is 63.1 cm³/mol. The van der Waals surface area contributed by atoms with Gasteiger partial charge < -0.3 is 9.64 Å². The van der Waals surface area contributed by atoms with E-state index in [2.05, 4.69) is 9.98 Å². The first-order chi connectivity index (χ1) is 8.29. The molecule has 5 heteroatoms. The quantitative estimate of drug-likeness (QED) is 0.802. The highest BCUT2D eigenvalue weighted by atomic mass is 19.1. The summed E-state index contributed by atoms with van der Waals surface area (Å²) in [7, 11) is 1.39. The van der Waals surface area contributed by atoms with Crippen LogP contribution in [-0.4, -0.2) is 23.2 Å². The second-order valence-corrected chi connectivity index (χ2v) is 3.44. The third-order valence-corrected chi connectivity index (χ3v) is 2.22. The monoisotopic (exact) mass is 233 g/mol. The fraction of sp³-hybridized carbons (Fsp3) is 0.167. The zero-order chi connectivity index (χ0) is 12.1. The van der Waals surface area contributed by atoms with E-state index in [1.807, 2.05) is 23.4 Å². The molecule has 0 saturated carbocycles. The third kappa shape index (κ3) is 2.90. The maximum atomic E-state index is 13.4. The Balaban J connectivity index is 2.11. The van der Waals surface area contributed by atoms with Gasteiger partial charge in [-0.2, -0.15) is 0 Å². The molecule has 0 atom stereocenters. The van der Waals surface area contributed by atoms with Gasteiger partial charge in [0.1, 0.15) is 0 Å². The summed E-state index contributed by atoms with van der Waals surface area (Å²) in [5.74, 6) is -0.442. The summed E-state index contributed by atoms with van der Waals surface area (Å²) >= 11 is 0. The molecule has 4 nitrogen and oxygen atoms in total. The number of ether oxygens (including phenoxy) is 1. The number of aliphatic imine (C=N–C) groups is 1. The summed E-state index contributed by atoms with van der Waals surface area (Å²) in [6.45, 7) is 0.532. The summed E-state index contributed by atoms with van der Waals surface area (Å²) in [5, 5.41) is 0. The highest BCUT2D eigenvalue weighted by Crippen LogP contribution is 2.15. The molecule has 0 bridgehead atoms. The summed E-state index contributed by atoms with van der Waals surface area (Å²) in [6, 6.07) is 1.42. The minimum atomic E-state index is -0.455. The Hall–Kier alpha value is -2.17. The van der Waals surface area contributed by atoms with E-state index in [1.165, 1.54) is 13.2 Å². The molecule has 0 aromatic carbocycles. The van der Waals surface area contributed by atoms with Crippen LogP contribution in [0.3, 0.4) is 0 Å². The molecular formula is C12H12FN3O. The lowest BCUT2D eigenvalue weighted by Crippen LogP contribution is -2.09. The molecule has 0 unspecified atom stereocenters. The number of nitrogens with zero attached hydrogens (tertiary/aromatic N) is 3. The molecule has 2 rings (SSSR count). The predicted octanol–water partition coefficient (Wildman–Crippen LogP) is 2.10. The molecule has 1 aromatic rings. The molecule has 88 valence electrons. The first-order valence-corrected chi connectivity index (χ1v) is 5.10. The van der Waals surface area contributed by atoms with Crippen LogP contribution in [-0.2, 0) is 6.54 Å². The average Bonchev–Trinajstić information content (AvgIpc) is 2.58. The normalized spacial score (nSPS) is 13.9. The molecule has 0 fully saturated rings. The second kappa shape index (κ2) is 5.25. The van der Waals surface area contributed by atoms with Crippen molar-refractivity contribution < 1.29 is 9.13 Å². The first kappa shape index (κ1) is 11.3. The van der Waals surface area contributed by atoms with Crippen LogP contribution >= 0.6 is 0 Å². The SMILES string of the molecule is COc1ncc(CN2C=CC=NC=C2)cc1F. The van der Waals surface area contributed by atoms with Crippen molar-refractivity contribution in [3.8, 4) is 5.88 Å². The van der Waals surface area contributed by atoms with E-state index in [0.717, 1.165) is 5.56 Å². The Bertz CT molecular complexity index is 467. The van der Waals surface area contributed by atoms with Crippen molar-refractivity contribution in [1.29, 1.82) is 0 Å². The Kier molecular flexibility index (Phi) is 3.49. The van der Waals surface area contributed by atoms with Gasteiger partial charge in [0.25, 0.3) is 0 Å². The highest BCUT2D eigenvalue weighted by Gasteiger charge is 2.06. The van der Waals surface area contributed by atoms with Crippen LogP contribution in [0.15, 0.2) is 41.9 Å². The zero-order valence-corrected chi connectivity index (χ0v) is 9.38. The van der Waals surface area contributed by atoms with Crippen LogP contribution in [0.4, 0.5) is 4.39 Å². The Morgan fingerprint density at radius 2 is 2.29 bits per heavy atom. The van der Waals surface area contributed by atoms with Gasteiger partial charge in [-0.25, -0.2) is 9.37 Å². The summed E-state index contributed by atoms with van der Waals surface area (Å²) in [4.78, 5) is 9.73. The van der Waals surface area contributed by atoms with E-state index >= 15 is 0 Å². The maximum Gasteiger partial charge on any atom is 0.250 e. The van der Waals surface area contributed by atoms with E-state index in [1.54, 1.807) is 18.6 Å². The molecule has 0 N–H and O–H groups in total. The largest absolute Gasteiger partial charge is 0.479 e. The molecular weight excluding hydrogens is 221 g/mol. The van der Waals surface area contributed by atoms with Crippen LogP contribution in [0.5, 0.6) is 5.88 Å². The molecule has 0 saturated heterocycles. The number of methoxy groups -OCH3 is 1. The highest BCUT2D eigenvalue weighted by molar-refractivity contribution is 5.71. The lowest BCUT2D eigenvalue weighted by Gasteiger charge is -2.14. The summed E-state index contributed by atoms with van der Waals surface area (Å²) in [5.41, 5.74) is 0.763. The van der Waals surface area contributed by atoms with Crippen molar-refractivity contribution in [2.24, 2.45) is 4.99 Å². The summed E-state index contributed by atoms with van der Waals surface area (Å²) in [6.07, 6.45) is 10.4. The number of hydrogen-bond acceptors (Lipinski definition) is 4. The zero-order valence-electron chi connectivity index (χ0n) is 9.38. The molecule has 0 spiro atoms. The molecule has 17 heavy (non-hydrogen) atoms. The van der Waals surface area contributed by atoms with Gasteiger partial charge in [0.2, 0.25) is 5.88 Å². The minimum Gasteiger partial charge on any atom is -0.479 e. The van der Waals surface area contributed by atoms with Crippen LogP contribution in [0.1, 0.15) is 5.56 Å². The van der Waals surface area contributed by atoms with Gasteiger partial charge in [0.15, 0.2) is 5.82 Å². The van der Waals surface area contributed by atoms with Crippen LogP contribution in [0.2, 0.25) is 0 Å². The molecule has 1 aromatic heterocycles. The van der Waals surface area contributed by atoms with Gasteiger partial charge >= 0.3 is 0 Å². The molecule has 1 aliphatic rings. The van der Waals surface area contributed by atoms with Crippen LogP contribution < -0.4 is 4.74 Å². The topological polar surface area (TPSA) is 37.7 Å². The van der Waals surface area contributed by atoms with Crippen molar-refractivity contribution in [2.45, 2.75) is 6.54 Å². The van der Waals surface area contributed by atoms with Crippen molar-refractivity contribution in [3.63, 3.8) is 0 Å². The van der Waals surface area contributed by atoms with Crippen LogP contribution in [0.25, 0.3) is 0 Å². The van der Waals surface area contributed by atoms with Crippen molar-refractivity contribution in [1.82, 2.24) is 9.88 Å². The Morgan fingerprint density at radius 1 is 1.41 bits per heavy atom. The number of rotatable bonds is 3. The van der Waals surface area contributed by atoms with Gasteiger partial charge in [0.05, 0.1) is 7.11 Å². The smallest absolute Gasteiger partial charge is 0.250 e. The molecule has 1 aliphatic heterocycles. The Labute approximate surface area is 98.8 Å². The fourth-order valence-electron chi connectivity index (χ4n) is 1.44. The molecule has 2 heterocycles. The minimum absolute atomic E-state index is 0.0130. The summed E-state index contributed by atoms with van der Waals surface area (Å²) < 4.78 is 18.2. The van der Waals surface area contributed by atoms with Crippen LogP contribution in [0, 0.1) is 5.82 Å². The van der Waals surface area contributed by atoms with Gasteiger partial charge in [-0.15, -0.1) is 0 Å². The fourth-order valence-corrected chi connectivity index (χ4v) is 1.44. The van der Waals surface area contributed by atoms with E-state index < -0.39 is 5.82 Å². The molecule has 0 amide bonds. The molecule has 0 radical (unpaired) electrons. The standard InChI is InChI=1S/C12H12FN3O/c1-17-12-11(13)7-10(8-15-12)9-16-5-2-3-14-4-6-16/h2-8H,9H2,1H3. The Morgan fingerprint density at radius 3 is 3.06 bits per heavy atom. The van der Waals surface area contributed by atoms with E-state index in [4.69, 9.17) is 4.74 Å². The first-order valence-electron chi connectivity index (χ1n) is 5.10. The lowest BCUT2D eigenvalue weighted by atomic mass is 10.2. The number of allylic oxidation sites excluding steroid dienone is 1. The number of hydrogen-bond donors (Lipinski definition) is 0. The number of pyridine rings is 1. The van der Waals surface area contributed by atoms with E-state index in [9.17, 15) is 4.39 Å². The van der Waals surface area contributed by atoms with Crippen molar-refractivity contribution in [3.05, 3.63) is 48.3 Å². The number of aromatic nitrogens is 1. The van der Waals surface area contributed by atoms with Gasteiger partial charge in [-0.05, 0) is 17.7 Å². The van der Waals surface area contributed by atoms with Gasteiger partial charge in [-0.1, -0.05) is 0 Å². The van der Waals surface area contributed by atoms with E-state index in [0.29, 0.717) is 6.54 Å². The maximum absolute atomic E-state index is 13.4. The van der Waals surface area contributed by atoms with Gasteiger partial charge in [-0.3, -0.25) is 4.99 Å². The lowest BCUT2D eigenvalue weighted by molar-refractivity contribution is 0.367. The van der Waals surface area contributed by atoms with Gasteiger partial charge in [0, 0.05) is 37.6 Å². The molecule has 0 aliphatic carbocycles. The van der Waals surface area contributed by atoms with E-state index in [-0.39, 0.29) is 5.88 Å². The number of halogens is 1. The van der Waals surface area contributed by atoms with Crippen molar-refractivity contribution in [2.75, 3.05) is 7.11 Å². The second-order valence-electron chi connectivity index (χ2n) is 3.44.